The van der Waals surface area contributed by atoms with Crippen LogP contribution in [0.3, 0.4) is 0 Å². The van der Waals surface area contributed by atoms with Crippen molar-refractivity contribution in [1.82, 2.24) is 29.5 Å². The van der Waals surface area contributed by atoms with Crippen LogP contribution in [0.5, 0.6) is 0 Å². The fourth-order valence-electron chi connectivity index (χ4n) is 2.45. The summed E-state index contributed by atoms with van der Waals surface area (Å²) in [5.74, 6) is -0.946. The molecule has 0 saturated carbocycles. The first-order valence-electron chi connectivity index (χ1n) is 7.70. The molecule has 1 unspecified atom stereocenters. The predicted molar refractivity (Wildman–Crippen MR) is 86.6 cm³/mol. The molecule has 2 saturated heterocycles. The van der Waals surface area contributed by atoms with Crippen molar-refractivity contribution in [2.45, 2.75) is 25.9 Å². The van der Waals surface area contributed by atoms with Crippen LogP contribution in [0.4, 0.5) is 19.2 Å². The molecule has 2 heterocycles. The number of nitrogens with one attached hydrogen (secondary N) is 3. The Balaban J connectivity index is 1.91. The molecular weight excluding hydrogens is 388 g/mol. The van der Waals surface area contributed by atoms with E-state index in [1.54, 1.807) is 13.8 Å². The quantitative estimate of drug-likeness (QED) is 0.397. The molecule has 150 valence electrons. The van der Waals surface area contributed by atoms with Gasteiger partial charge in [-0.15, -0.1) is 0 Å². The monoisotopic (exact) mass is 406 g/mol. The zero-order valence-electron chi connectivity index (χ0n) is 14.3. The van der Waals surface area contributed by atoms with E-state index in [-0.39, 0.29) is 25.7 Å². The van der Waals surface area contributed by atoms with Crippen molar-refractivity contribution in [3.63, 3.8) is 0 Å². The first kappa shape index (κ1) is 20.2. The standard InChI is InChI=1S/C12H18N6O8S/c1-6(2)16-3-4-17(12(16)24)9(20)14-27(25,26)15-10(21)18-5-7(8(18)19)13-11(22)23/h6-7,13H,3-5H2,1-2H3,(H,14,20)(H,15,21)(H,22,23). The summed E-state index contributed by atoms with van der Waals surface area (Å²) in [5, 5.41) is 10.3. The van der Waals surface area contributed by atoms with E-state index in [1.165, 1.54) is 14.3 Å². The van der Waals surface area contributed by atoms with Gasteiger partial charge in [-0.3, -0.25) is 9.69 Å². The zero-order valence-corrected chi connectivity index (χ0v) is 15.1. The van der Waals surface area contributed by atoms with Crippen molar-refractivity contribution in [1.29, 1.82) is 0 Å². The molecule has 0 aromatic rings. The number of amides is 8. The Morgan fingerprint density at radius 3 is 2.07 bits per heavy atom. The van der Waals surface area contributed by atoms with Gasteiger partial charge in [0.05, 0.1) is 6.54 Å². The predicted octanol–water partition coefficient (Wildman–Crippen LogP) is -1.73. The molecule has 0 bridgehead atoms. The second-order valence-corrected chi connectivity index (χ2v) is 7.41. The van der Waals surface area contributed by atoms with Gasteiger partial charge in [0.25, 0.3) is 5.91 Å². The lowest BCUT2D eigenvalue weighted by molar-refractivity contribution is -0.138. The molecule has 15 heteroatoms. The third-order valence-electron chi connectivity index (χ3n) is 3.83. The molecule has 2 rings (SSSR count). The highest BCUT2D eigenvalue weighted by Crippen LogP contribution is 2.13. The molecule has 0 spiro atoms. The summed E-state index contributed by atoms with van der Waals surface area (Å²) >= 11 is 0. The lowest BCUT2D eigenvalue weighted by atomic mass is 10.1. The van der Waals surface area contributed by atoms with Gasteiger partial charge >= 0.3 is 34.4 Å². The first-order chi connectivity index (χ1) is 12.4. The van der Waals surface area contributed by atoms with Crippen LogP contribution in [-0.2, 0) is 15.0 Å². The second kappa shape index (κ2) is 7.26. The van der Waals surface area contributed by atoms with E-state index >= 15 is 0 Å². The number of imide groups is 2. The summed E-state index contributed by atoms with van der Waals surface area (Å²) in [6.07, 6.45) is -1.47. The van der Waals surface area contributed by atoms with E-state index in [4.69, 9.17) is 5.11 Å². The Morgan fingerprint density at radius 1 is 1.07 bits per heavy atom. The lowest BCUT2D eigenvalue weighted by Gasteiger charge is -2.35. The molecule has 0 radical (unpaired) electrons. The van der Waals surface area contributed by atoms with Crippen LogP contribution in [-0.4, -0.2) is 90.0 Å². The first-order valence-corrected chi connectivity index (χ1v) is 9.18. The summed E-state index contributed by atoms with van der Waals surface area (Å²) in [4.78, 5) is 60.3. The number of urea groups is 3. The van der Waals surface area contributed by atoms with Crippen LogP contribution in [0.25, 0.3) is 0 Å². The number of hydrogen-bond acceptors (Lipinski definition) is 7. The van der Waals surface area contributed by atoms with Crippen molar-refractivity contribution < 1.29 is 37.5 Å². The minimum Gasteiger partial charge on any atom is -0.465 e. The number of likely N-dealkylation sites (tertiary alicyclic amines) is 1. The average Bonchev–Trinajstić information content (AvgIpc) is 2.91. The van der Waals surface area contributed by atoms with Gasteiger partial charge in [-0.05, 0) is 13.8 Å². The molecule has 8 amide bonds. The Kier molecular flexibility index (Phi) is 5.43. The van der Waals surface area contributed by atoms with Gasteiger partial charge in [-0.1, -0.05) is 0 Å². The fourth-order valence-corrected chi connectivity index (χ4v) is 3.18. The number of hydrogen-bond donors (Lipinski definition) is 4. The number of carbonyl (C=O) groups excluding carboxylic acids is 4. The van der Waals surface area contributed by atoms with Gasteiger partial charge in [0.1, 0.15) is 6.04 Å². The molecule has 1 atom stereocenters. The van der Waals surface area contributed by atoms with Crippen molar-refractivity contribution in [3.8, 4) is 0 Å². The molecule has 0 aromatic carbocycles. The highest BCUT2D eigenvalue weighted by Gasteiger charge is 2.43. The maximum atomic E-state index is 12.0. The van der Waals surface area contributed by atoms with Crippen molar-refractivity contribution in [2.24, 2.45) is 0 Å². The highest BCUT2D eigenvalue weighted by atomic mass is 32.2. The molecule has 4 N–H and O–H groups in total. The molecule has 0 aliphatic carbocycles. The number of rotatable bonds is 4. The summed E-state index contributed by atoms with van der Waals surface area (Å²) in [6, 6.07) is -4.63. The van der Waals surface area contributed by atoms with Gasteiger partial charge in [0.15, 0.2) is 0 Å². The Morgan fingerprint density at radius 2 is 1.63 bits per heavy atom. The van der Waals surface area contributed by atoms with Crippen LogP contribution in [0.2, 0.25) is 0 Å². The smallest absolute Gasteiger partial charge is 0.405 e. The largest absolute Gasteiger partial charge is 0.465 e. The molecule has 14 nitrogen and oxygen atoms in total. The summed E-state index contributed by atoms with van der Waals surface area (Å²) < 4.78 is 26.7. The van der Waals surface area contributed by atoms with Crippen molar-refractivity contribution in [3.05, 3.63) is 0 Å². The Bertz CT molecular complexity index is 796. The van der Waals surface area contributed by atoms with Crippen molar-refractivity contribution in [2.75, 3.05) is 19.6 Å². The van der Waals surface area contributed by atoms with E-state index in [1.807, 2.05) is 5.32 Å². The van der Waals surface area contributed by atoms with E-state index < -0.39 is 46.3 Å². The van der Waals surface area contributed by atoms with Crippen LogP contribution in [0, 0.1) is 0 Å². The van der Waals surface area contributed by atoms with E-state index in [0.717, 1.165) is 0 Å². The molecule has 27 heavy (non-hydrogen) atoms. The molecule has 2 aliphatic rings. The molecule has 2 fully saturated rings. The van der Waals surface area contributed by atoms with Gasteiger partial charge in [-0.2, -0.15) is 8.42 Å². The number of carbonyl (C=O) groups is 5. The van der Waals surface area contributed by atoms with E-state index in [0.29, 0.717) is 9.80 Å². The summed E-state index contributed by atoms with van der Waals surface area (Å²) in [6.45, 7) is 3.30. The van der Waals surface area contributed by atoms with Crippen LogP contribution < -0.4 is 14.8 Å². The summed E-state index contributed by atoms with van der Waals surface area (Å²) in [7, 11) is -4.71. The molecule has 0 aromatic heterocycles. The number of β-lactam (4-membered cyclic amide) rings is 1. The Labute approximate surface area is 153 Å². The number of carboxylic acid groups (broad SMARTS) is 1. The third-order valence-corrected chi connectivity index (χ3v) is 4.71. The van der Waals surface area contributed by atoms with Crippen LogP contribution >= 0.6 is 0 Å². The minimum atomic E-state index is -4.71. The molecular formula is C12H18N6O8S. The normalized spacial score (nSPS) is 19.8. The highest BCUT2D eigenvalue weighted by molar-refractivity contribution is 7.88. The topological polar surface area (TPSA) is 186 Å². The fraction of sp³-hybridized carbons (Fsp3) is 0.583. The lowest BCUT2D eigenvalue weighted by Crippen LogP contribution is -2.67. The van der Waals surface area contributed by atoms with Gasteiger partial charge in [0.2, 0.25) is 0 Å². The maximum absolute atomic E-state index is 12.0. The third kappa shape index (κ3) is 4.36. The second-order valence-electron chi connectivity index (χ2n) is 5.99. The van der Waals surface area contributed by atoms with Crippen molar-refractivity contribution >= 4 is 40.3 Å². The van der Waals surface area contributed by atoms with Gasteiger partial charge in [0, 0.05) is 19.1 Å². The van der Waals surface area contributed by atoms with Crippen LogP contribution in [0.15, 0.2) is 0 Å². The van der Waals surface area contributed by atoms with E-state index in [9.17, 15) is 32.4 Å². The summed E-state index contributed by atoms with van der Waals surface area (Å²) in [5.41, 5.74) is 0. The van der Waals surface area contributed by atoms with E-state index in [2.05, 4.69) is 0 Å². The average molecular weight is 406 g/mol. The maximum Gasteiger partial charge on any atom is 0.405 e. The molecule has 2 aliphatic heterocycles. The Hall–Kier alpha value is -3.10. The zero-order chi connectivity index (χ0) is 20.5. The van der Waals surface area contributed by atoms with Gasteiger partial charge < -0.3 is 15.3 Å². The minimum absolute atomic E-state index is 0.0283. The SMILES string of the molecule is CC(C)N1CCN(C(=O)NS(=O)(=O)NC(=O)N2CC(NC(=O)O)C2=O)C1=O. The van der Waals surface area contributed by atoms with Gasteiger partial charge in [-0.25, -0.2) is 33.5 Å². The van der Waals surface area contributed by atoms with Crippen LogP contribution in [0.1, 0.15) is 13.8 Å². The number of nitrogens with zero attached hydrogens (tertiary/aromatic N) is 3.